The van der Waals surface area contributed by atoms with Crippen LogP contribution in [0.25, 0.3) is 0 Å². The Morgan fingerprint density at radius 2 is 2.20 bits per heavy atom. The van der Waals surface area contributed by atoms with Gasteiger partial charge in [-0.2, -0.15) is 0 Å². The average Bonchev–Trinajstić information content (AvgIpc) is 2.63. The SMILES string of the molecule is CCCNCc1nnc(OCC(C)C)s1. The fourth-order valence-corrected chi connectivity index (χ4v) is 1.64. The summed E-state index contributed by atoms with van der Waals surface area (Å²) in [5.41, 5.74) is 0. The summed E-state index contributed by atoms with van der Waals surface area (Å²) in [6, 6.07) is 0. The summed E-state index contributed by atoms with van der Waals surface area (Å²) in [4.78, 5) is 0. The summed E-state index contributed by atoms with van der Waals surface area (Å²) in [5.74, 6) is 0.524. The molecule has 0 saturated carbocycles. The minimum Gasteiger partial charge on any atom is -0.469 e. The van der Waals surface area contributed by atoms with Gasteiger partial charge < -0.3 is 10.1 Å². The van der Waals surface area contributed by atoms with Gasteiger partial charge in [0.2, 0.25) is 0 Å². The summed E-state index contributed by atoms with van der Waals surface area (Å²) in [5, 5.41) is 13.0. The zero-order valence-corrected chi connectivity index (χ0v) is 10.4. The van der Waals surface area contributed by atoms with Crippen molar-refractivity contribution in [3.05, 3.63) is 5.01 Å². The van der Waals surface area contributed by atoms with E-state index < -0.39 is 0 Å². The molecule has 0 bridgehead atoms. The van der Waals surface area contributed by atoms with Gasteiger partial charge in [0, 0.05) is 6.54 Å². The molecule has 0 saturated heterocycles. The summed E-state index contributed by atoms with van der Waals surface area (Å²) in [6.07, 6.45) is 1.13. The Morgan fingerprint density at radius 1 is 1.40 bits per heavy atom. The second-order valence-corrected chi connectivity index (χ2v) is 4.87. The third kappa shape index (κ3) is 5.09. The lowest BCUT2D eigenvalue weighted by molar-refractivity contribution is 0.268. The molecule has 0 radical (unpaired) electrons. The van der Waals surface area contributed by atoms with Gasteiger partial charge in [-0.1, -0.05) is 32.1 Å². The van der Waals surface area contributed by atoms with E-state index in [-0.39, 0.29) is 0 Å². The summed E-state index contributed by atoms with van der Waals surface area (Å²) in [6.45, 7) is 8.88. The monoisotopic (exact) mass is 229 g/mol. The normalized spacial score (nSPS) is 10.9. The van der Waals surface area contributed by atoms with Crippen LogP contribution in [0.5, 0.6) is 5.19 Å². The smallest absolute Gasteiger partial charge is 0.294 e. The molecule has 0 aliphatic heterocycles. The Bertz CT molecular complexity index is 275. The maximum atomic E-state index is 5.47. The largest absolute Gasteiger partial charge is 0.469 e. The molecule has 0 spiro atoms. The Morgan fingerprint density at radius 3 is 2.87 bits per heavy atom. The lowest BCUT2D eigenvalue weighted by Gasteiger charge is -2.03. The second-order valence-electron chi connectivity index (χ2n) is 3.84. The fourth-order valence-electron chi connectivity index (χ4n) is 0.978. The molecule has 1 rings (SSSR count). The predicted molar refractivity (Wildman–Crippen MR) is 62.2 cm³/mol. The maximum absolute atomic E-state index is 5.47. The van der Waals surface area contributed by atoms with Crippen LogP contribution in [0, 0.1) is 5.92 Å². The highest BCUT2D eigenvalue weighted by Crippen LogP contribution is 2.18. The lowest BCUT2D eigenvalue weighted by atomic mass is 10.2. The fraction of sp³-hybridized carbons (Fsp3) is 0.800. The van der Waals surface area contributed by atoms with Crippen molar-refractivity contribution >= 4 is 11.3 Å². The van der Waals surface area contributed by atoms with Crippen LogP contribution < -0.4 is 10.1 Å². The molecule has 0 atom stereocenters. The lowest BCUT2D eigenvalue weighted by Crippen LogP contribution is -2.13. The van der Waals surface area contributed by atoms with E-state index in [1.807, 2.05) is 0 Å². The van der Waals surface area contributed by atoms with Crippen molar-refractivity contribution in [2.45, 2.75) is 33.7 Å². The van der Waals surface area contributed by atoms with Crippen molar-refractivity contribution < 1.29 is 4.74 Å². The number of nitrogens with one attached hydrogen (secondary N) is 1. The van der Waals surface area contributed by atoms with Crippen LogP contribution in [0.3, 0.4) is 0 Å². The third-order valence-corrected chi connectivity index (χ3v) is 2.53. The van der Waals surface area contributed by atoms with Crippen molar-refractivity contribution in [3.8, 4) is 5.19 Å². The quantitative estimate of drug-likeness (QED) is 0.727. The number of ether oxygens (including phenoxy) is 1. The van der Waals surface area contributed by atoms with E-state index in [0.29, 0.717) is 17.7 Å². The topological polar surface area (TPSA) is 47.0 Å². The summed E-state index contributed by atoms with van der Waals surface area (Å²) in [7, 11) is 0. The standard InChI is InChI=1S/C10H19N3OS/c1-4-5-11-6-9-12-13-10(15-9)14-7-8(2)3/h8,11H,4-7H2,1-3H3. The van der Waals surface area contributed by atoms with Crippen LogP contribution in [0.15, 0.2) is 0 Å². The van der Waals surface area contributed by atoms with Crippen LogP contribution >= 0.6 is 11.3 Å². The highest BCUT2D eigenvalue weighted by molar-refractivity contribution is 7.13. The molecule has 0 aliphatic rings. The van der Waals surface area contributed by atoms with Gasteiger partial charge in [-0.05, 0) is 18.9 Å². The van der Waals surface area contributed by atoms with Crippen molar-refractivity contribution in [1.82, 2.24) is 15.5 Å². The highest BCUT2D eigenvalue weighted by Gasteiger charge is 2.05. The molecule has 0 aromatic carbocycles. The van der Waals surface area contributed by atoms with Crippen LogP contribution in [0.1, 0.15) is 32.2 Å². The summed E-state index contributed by atoms with van der Waals surface area (Å²) >= 11 is 1.52. The van der Waals surface area contributed by atoms with E-state index in [2.05, 4.69) is 36.3 Å². The first-order valence-electron chi connectivity index (χ1n) is 5.38. The van der Waals surface area contributed by atoms with Crippen LogP contribution in [0.4, 0.5) is 0 Å². The van der Waals surface area contributed by atoms with Crippen molar-refractivity contribution in [1.29, 1.82) is 0 Å². The van der Waals surface area contributed by atoms with Gasteiger partial charge in [0.25, 0.3) is 5.19 Å². The van der Waals surface area contributed by atoms with Gasteiger partial charge in [-0.25, -0.2) is 0 Å². The number of nitrogens with zero attached hydrogens (tertiary/aromatic N) is 2. The van der Waals surface area contributed by atoms with Crippen LogP contribution in [0.2, 0.25) is 0 Å². The number of hydrogen-bond donors (Lipinski definition) is 1. The van der Waals surface area contributed by atoms with Crippen molar-refractivity contribution in [3.63, 3.8) is 0 Å². The van der Waals surface area contributed by atoms with E-state index in [0.717, 1.165) is 24.5 Å². The van der Waals surface area contributed by atoms with Gasteiger partial charge in [0.05, 0.1) is 6.61 Å². The molecule has 15 heavy (non-hydrogen) atoms. The Kier molecular flexibility index (Phi) is 5.57. The molecule has 1 heterocycles. The number of hydrogen-bond acceptors (Lipinski definition) is 5. The Balaban J connectivity index is 2.29. The van der Waals surface area contributed by atoms with E-state index >= 15 is 0 Å². The van der Waals surface area contributed by atoms with E-state index in [1.165, 1.54) is 11.3 Å². The zero-order chi connectivity index (χ0) is 11.1. The second kappa shape index (κ2) is 6.74. The van der Waals surface area contributed by atoms with Crippen LogP contribution in [-0.2, 0) is 6.54 Å². The minimum atomic E-state index is 0.524. The van der Waals surface area contributed by atoms with E-state index in [1.54, 1.807) is 0 Å². The van der Waals surface area contributed by atoms with E-state index in [9.17, 15) is 0 Å². The van der Waals surface area contributed by atoms with Gasteiger partial charge in [-0.3, -0.25) is 0 Å². The molecule has 0 amide bonds. The predicted octanol–water partition coefficient (Wildman–Crippen LogP) is 2.07. The first-order chi connectivity index (χ1) is 7.22. The first-order valence-corrected chi connectivity index (χ1v) is 6.20. The molecule has 86 valence electrons. The Labute approximate surface area is 95.1 Å². The van der Waals surface area contributed by atoms with Gasteiger partial charge in [0.15, 0.2) is 0 Å². The maximum Gasteiger partial charge on any atom is 0.294 e. The van der Waals surface area contributed by atoms with E-state index in [4.69, 9.17) is 4.74 Å². The first kappa shape index (κ1) is 12.4. The minimum absolute atomic E-state index is 0.524. The number of aromatic nitrogens is 2. The van der Waals surface area contributed by atoms with Gasteiger partial charge in [-0.15, -0.1) is 10.2 Å². The molecule has 1 N–H and O–H groups in total. The highest BCUT2D eigenvalue weighted by atomic mass is 32.1. The molecule has 0 aliphatic carbocycles. The van der Waals surface area contributed by atoms with Crippen molar-refractivity contribution in [2.75, 3.05) is 13.2 Å². The van der Waals surface area contributed by atoms with Crippen LogP contribution in [-0.4, -0.2) is 23.3 Å². The molecule has 1 aromatic rings. The third-order valence-electron chi connectivity index (χ3n) is 1.69. The molecular weight excluding hydrogens is 210 g/mol. The molecule has 0 unspecified atom stereocenters. The molecule has 0 fully saturated rings. The molecule has 5 heteroatoms. The van der Waals surface area contributed by atoms with Gasteiger partial charge >= 0.3 is 0 Å². The number of rotatable bonds is 7. The molecule has 1 aromatic heterocycles. The van der Waals surface area contributed by atoms with Crippen molar-refractivity contribution in [2.24, 2.45) is 5.92 Å². The Hall–Kier alpha value is -0.680. The molecular formula is C10H19N3OS. The molecule has 4 nitrogen and oxygen atoms in total. The summed E-state index contributed by atoms with van der Waals surface area (Å²) < 4.78 is 5.47. The average molecular weight is 229 g/mol. The van der Waals surface area contributed by atoms with Gasteiger partial charge in [0.1, 0.15) is 5.01 Å². The zero-order valence-electron chi connectivity index (χ0n) is 9.62.